The molecule has 2 aromatic carbocycles. The number of nitrogens with zero attached hydrogens (tertiary/aromatic N) is 2. The second kappa shape index (κ2) is 8.85. The molecule has 0 saturated carbocycles. The predicted octanol–water partition coefficient (Wildman–Crippen LogP) is 4.50. The number of aromatic nitrogens is 1. The summed E-state index contributed by atoms with van der Waals surface area (Å²) in [5, 5.41) is 3.23. The Bertz CT molecular complexity index is 880. The third-order valence-electron chi connectivity index (χ3n) is 4.07. The van der Waals surface area contributed by atoms with E-state index in [1.807, 2.05) is 61.5 Å². The minimum absolute atomic E-state index is 0.0624. The molecule has 0 aliphatic rings. The van der Waals surface area contributed by atoms with E-state index in [0.29, 0.717) is 24.5 Å². The lowest BCUT2D eigenvalue weighted by Crippen LogP contribution is -2.26. The number of hydrogen-bond acceptors (Lipinski definition) is 4. The smallest absolute Gasteiger partial charge is 0.255 e. The van der Waals surface area contributed by atoms with Crippen molar-refractivity contribution in [2.75, 3.05) is 19.0 Å². The lowest BCUT2D eigenvalue weighted by molar-refractivity contribution is 0.0784. The van der Waals surface area contributed by atoms with Gasteiger partial charge in [-0.3, -0.25) is 4.79 Å². The molecule has 5 nitrogen and oxygen atoms in total. The Morgan fingerprint density at radius 1 is 1.04 bits per heavy atom. The molecular weight excluding hydrogens is 338 g/mol. The number of carbonyl (C=O) groups excluding carboxylic acids is 1. The highest BCUT2D eigenvalue weighted by Gasteiger charge is 2.13. The van der Waals surface area contributed by atoms with Crippen LogP contribution in [0.5, 0.6) is 5.75 Å². The van der Waals surface area contributed by atoms with Crippen LogP contribution in [0.25, 0.3) is 0 Å². The Labute approximate surface area is 159 Å². The summed E-state index contributed by atoms with van der Waals surface area (Å²) in [7, 11) is 1.79. The number of nitrogens with one attached hydrogen (secondary N) is 1. The summed E-state index contributed by atoms with van der Waals surface area (Å²) in [6.45, 7) is 3.09. The SMILES string of the molecule is CCOc1ccccc1Nc1ccc(C(=O)N(C)Cc2ccccc2)cn1. The van der Waals surface area contributed by atoms with E-state index in [1.54, 1.807) is 30.3 Å². The largest absolute Gasteiger partial charge is 0.492 e. The van der Waals surface area contributed by atoms with Crippen molar-refractivity contribution >= 4 is 17.4 Å². The number of hydrogen-bond donors (Lipinski definition) is 1. The molecule has 3 rings (SSSR count). The van der Waals surface area contributed by atoms with Crippen molar-refractivity contribution in [2.45, 2.75) is 13.5 Å². The van der Waals surface area contributed by atoms with Crippen LogP contribution in [0.3, 0.4) is 0 Å². The van der Waals surface area contributed by atoms with E-state index in [9.17, 15) is 4.79 Å². The molecule has 138 valence electrons. The second-order valence-electron chi connectivity index (χ2n) is 6.13. The van der Waals surface area contributed by atoms with Gasteiger partial charge in [-0.25, -0.2) is 4.98 Å². The summed E-state index contributed by atoms with van der Waals surface area (Å²) < 4.78 is 5.61. The number of amides is 1. The van der Waals surface area contributed by atoms with Gasteiger partial charge in [0.2, 0.25) is 0 Å². The zero-order chi connectivity index (χ0) is 19.1. The Hall–Kier alpha value is -3.34. The van der Waals surface area contributed by atoms with Gasteiger partial charge in [0.25, 0.3) is 5.91 Å². The van der Waals surface area contributed by atoms with E-state index in [-0.39, 0.29) is 5.91 Å². The first-order valence-corrected chi connectivity index (χ1v) is 8.91. The summed E-state index contributed by atoms with van der Waals surface area (Å²) in [4.78, 5) is 18.7. The average molecular weight is 361 g/mol. The van der Waals surface area contributed by atoms with Crippen molar-refractivity contribution < 1.29 is 9.53 Å². The fraction of sp³-hybridized carbons (Fsp3) is 0.182. The van der Waals surface area contributed by atoms with Gasteiger partial charge in [0.05, 0.1) is 17.9 Å². The van der Waals surface area contributed by atoms with Crippen LogP contribution in [0.1, 0.15) is 22.8 Å². The van der Waals surface area contributed by atoms with Crippen molar-refractivity contribution in [3.63, 3.8) is 0 Å². The van der Waals surface area contributed by atoms with Crippen molar-refractivity contribution in [3.8, 4) is 5.75 Å². The second-order valence-corrected chi connectivity index (χ2v) is 6.13. The van der Waals surface area contributed by atoms with Crippen molar-refractivity contribution in [2.24, 2.45) is 0 Å². The van der Waals surface area contributed by atoms with Crippen LogP contribution in [0.2, 0.25) is 0 Å². The molecule has 0 unspecified atom stereocenters. The molecular formula is C22H23N3O2. The number of anilines is 2. The van der Waals surface area contributed by atoms with Gasteiger partial charge in [-0.2, -0.15) is 0 Å². The molecule has 3 aromatic rings. The maximum absolute atomic E-state index is 12.6. The first-order chi connectivity index (χ1) is 13.2. The van der Waals surface area contributed by atoms with E-state index < -0.39 is 0 Å². The number of para-hydroxylation sites is 2. The molecule has 0 bridgehead atoms. The quantitative estimate of drug-likeness (QED) is 0.673. The fourth-order valence-electron chi connectivity index (χ4n) is 2.73. The van der Waals surface area contributed by atoms with Gasteiger partial charge < -0.3 is 15.0 Å². The topological polar surface area (TPSA) is 54.5 Å². The number of pyridine rings is 1. The van der Waals surface area contributed by atoms with Crippen LogP contribution in [0, 0.1) is 0 Å². The molecule has 27 heavy (non-hydrogen) atoms. The summed E-state index contributed by atoms with van der Waals surface area (Å²) in [6.07, 6.45) is 1.59. The average Bonchev–Trinajstić information content (AvgIpc) is 2.70. The molecule has 1 N–H and O–H groups in total. The number of ether oxygens (including phenoxy) is 1. The Morgan fingerprint density at radius 2 is 1.78 bits per heavy atom. The van der Waals surface area contributed by atoms with Crippen LogP contribution in [0.15, 0.2) is 72.9 Å². The molecule has 1 amide bonds. The minimum Gasteiger partial charge on any atom is -0.492 e. The Balaban J connectivity index is 1.67. The van der Waals surface area contributed by atoms with Crippen molar-refractivity contribution in [1.82, 2.24) is 9.88 Å². The van der Waals surface area contributed by atoms with E-state index in [1.165, 1.54) is 0 Å². The van der Waals surface area contributed by atoms with Crippen molar-refractivity contribution in [3.05, 3.63) is 84.1 Å². The van der Waals surface area contributed by atoms with Crippen LogP contribution < -0.4 is 10.1 Å². The highest BCUT2D eigenvalue weighted by atomic mass is 16.5. The number of benzene rings is 2. The first kappa shape index (κ1) is 18.5. The van der Waals surface area contributed by atoms with Gasteiger partial charge in [0, 0.05) is 19.8 Å². The van der Waals surface area contributed by atoms with E-state index in [4.69, 9.17) is 4.74 Å². The predicted molar refractivity (Wildman–Crippen MR) is 107 cm³/mol. The lowest BCUT2D eigenvalue weighted by atomic mass is 10.2. The Kier molecular flexibility index (Phi) is 6.05. The fourth-order valence-corrected chi connectivity index (χ4v) is 2.73. The number of rotatable bonds is 7. The zero-order valence-electron chi connectivity index (χ0n) is 15.6. The van der Waals surface area contributed by atoms with Gasteiger partial charge in [-0.05, 0) is 36.8 Å². The third-order valence-corrected chi connectivity index (χ3v) is 4.07. The van der Waals surface area contributed by atoms with E-state index in [2.05, 4.69) is 10.3 Å². The third kappa shape index (κ3) is 4.85. The summed E-state index contributed by atoms with van der Waals surface area (Å²) in [5.41, 5.74) is 2.48. The van der Waals surface area contributed by atoms with Crippen LogP contribution >= 0.6 is 0 Å². The summed E-state index contributed by atoms with van der Waals surface area (Å²) in [5.74, 6) is 1.36. The molecule has 0 aliphatic carbocycles. The Morgan fingerprint density at radius 3 is 2.48 bits per heavy atom. The first-order valence-electron chi connectivity index (χ1n) is 8.91. The molecule has 5 heteroatoms. The van der Waals surface area contributed by atoms with Gasteiger partial charge >= 0.3 is 0 Å². The highest BCUT2D eigenvalue weighted by Crippen LogP contribution is 2.26. The standard InChI is InChI=1S/C22H23N3O2/c1-3-27-20-12-8-7-11-19(20)24-21-14-13-18(15-23-21)22(26)25(2)16-17-9-5-4-6-10-17/h4-15H,3,16H2,1-2H3,(H,23,24). The molecule has 1 aromatic heterocycles. The summed E-state index contributed by atoms with van der Waals surface area (Å²) in [6, 6.07) is 21.2. The van der Waals surface area contributed by atoms with Gasteiger partial charge in [0.15, 0.2) is 0 Å². The van der Waals surface area contributed by atoms with Crippen molar-refractivity contribution in [1.29, 1.82) is 0 Å². The lowest BCUT2D eigenvalue weighted by Gasteiger charge is -2.17. The zero-order valence-corrected chi connectivity index (χ0v) is 15.6. The molecule has 0 saturated heterocycles. The highest BCUT2D eigenvalue weighted by molar-refractivity contribution is 5.94. The van der Waals surface area contributed by atoms with Crippen LogP contribution in [-0.2, 0) is 6.54 Å². The van der Waals surface area contributed by atoms with Gasteiger partial charge in [0.1, 0.15) is 11.6 Å². The van der Waals surface area contributed by atoms with Crippen LogP contribution in [0.4, 0.5) is 11.5 Å². The monoisotopic (exact) mass is 361 g/mol. The molecule has 0 fully saturated rings. The maximum atomic E-state index is 12.6. The molecule has 0 spiro atoms. The minimum atomic E-state index is -0.0624. The van der Waals surface area contributed by atoms with Gasteiger partial charge in [-0.15, -0.1) is 0 Å². The summed E-state index contributed by atoms with van der Waals surface area (Å²) >= 11 is 0. The molecule has 0 aliphatic heterocycles. The maximum Gasteiger partial charge on any atom is 0.255 e. The normalized spacial score (nSPS) is 10.3. The van der Waals surface area contributed by atoms with E-state index in [0.717, 1.165) is 17.0 Å². The molecule has 1 heterocycles. The number of carbonyl (C=O) groups is 1. The van der Waals surface area contributed by atoms with E-state index >= 15 is 0 Å². The molecule has 0 atom stereocenters. The van der Waals surface area contributed by atoms with Gasteiger partial charge in [-0.1, -0.05) is 42.5 Å². The van der Waals surface area contributed by atoms with Crippen LogP contribution in [-0.4, -0.2) is 29.4 Å². The molecule has 0 radical (unpaired) electrons.